The summed E-state index contributed by atoms with van der Waals surface area (Å²) in [5.41, 5.74) is 0. The molecule has 0 aliphatic heterocycles. The second-order valence-electron chi connectivity index (χ2n) is 30.1. The zero-order valence-corrected chi connectivity index (χ0v) is 65.2. The minimum Gasteiger partial charge on any atom is -0.545 e. The lowest BCUT2D eigenvalue weighted by atomic mass is 10.0. The Bertz CT molecular complexity index is 1780. The third-order valence-corrected chi connectivity index (χ3v) is 19.3. The minimum absolute atomic E-state index is 0.150. The molecule has 2 atom stereocenters. The molecule has 0 aromatic heterocycles. The van der Waals surface area contributed by atoms with Gasteiger partial charge in [-0.25, -0.2) is 0 Å². The van der Waals surface area contributed by atoms with Gasteiger partial charge >= 0.3 is 11.9 Å². The maximum absolute atomic E-state index is 13.0. The van der Waals surface area contributed by atoms with Gasteiger partial charge in [0.05, 0.1) is 40.3 Å². The number of carboxylic acid groups (broad SMARTS) is 1. The molecule has 97 heavy (non-hydrogen) atoms. The molecule has 0 fully saturated rings. The first-order valence-corrected chi connectivity index (χ1v) is 42.4. The van der Waals surface area contributed by atoms with E-state index in [4.69, 9.17) is 18.9 Å². The van der Waals surface area contributed by atoms with Gasteiger partial charge in [-0.15, -0.1) is 0 Å². The van der Waals surface area contributed by atoms with Crippen LogP contribution in [0.5, 0.6) is 0 Å². The van der Waals surface area contributed by atoms with Crippen LogP contribution < -0.4 is 5.11 Å². The Balaban J connectivity index is 3.94. The van der Waals surface area contributed by atoms with Crippen molar-refractivity contribution in [2.24, 2.45) is 0 Å². The summed E-state index contributed by atoms with van der Waals surface area (Å²) < 4.78 is 22.9. The first kappa shape index (κ1) is 94.0. The molecule has 9 heteroatoms. The van der Waals surface area contributed by atoms with E-state index in [1.807, 2.05) is 21.1 Å². The van der Waals surface area contributed by atoms with Crippen LogP contribution in [0.4, 0.5) is 0 Å². The molecule has 0 aliphatic rings. The lowest BCUT2D eigenvalue weighted by Gasteiger charge is -2.26. The molecule has 0 radical (unpaired) electrons. The van der Waals surface area contributed by atoms with Crippen molar-refractivity contribution in [2.45, 2.75) is 437 Å². The molecular formula is C88H163NO8. The van der Waals surface area contributed by atoms with Gasteiger partial charge in [0.1, 0.15) is 13.2 Å². The lowest BCUT2D eigenvalue weighted by molar-refractivity contribution is -0.870. The number of likely N-dealkylation sites (N-methyl/N-ethyl adjacent to an activating group) is 1. The Morgan fingerprint density at radius 2 is 0.588 bits per heavy atom. The number of carbonyl (C=O) groups is 3. The number of ether oxygens (including phenoxy) is 4. The van der Waals surface area contributed by atoms with Gasteiger partial charge in [-0.1, -0.05) is 415 Å². The normalized spacial score (nSPS) is 12.9. The molecule has 0 aromatic rings. The van der Waals surface area contributed by atoms with Gasteiger partial charge < -0.3 is 33.3 Å². The average Bonchev–Trinajstić information content (AvgIpc) is 3.74. The molecule has 0 rings (SSSR count). The fraction of sp³-hybridized carbons (Fsp3) is 0.852. The van der Waals surface area contributed by atoms with Crippen LogP contribution in [0.15, 0.2) is 60.8 Å². The fourth-order valence-electron chi connectivity index (χ4n) is 12.9. The highest BCUT2D eigenvalue weighted by Gasteiger charge is 2.22. The predicted octanol–water partition coefficient (Wildman–Crippen LogP) is 26.0. The van der Waals surface area contributed by atoms with Gasteiger partial charge in [-0.2, -0.15) is 0 Å². The van der Waals surface area contributed by atoms with Gasteiger partial charge in [-0.05, 0) is 57.8 Å². The van der Waals surface area contributed by atoms with Crippen molar-refractivity contribution in [2.75, 3.05) is 47.5 Å². The van der Waals surface area contributed by atoms with Gasteiger partial charge in [0.25, 0.3) is 0 Å². The van der Waals surface area contributed by atoms with Crippen molar-refractivity contribution in [1.82, 2.24) is 0 Å². The van der Waals surface area contributed by atoms with Gasteiger partial charge in [0, 0.05) is 12.8 Å². The summed E-state index contributed by atoms with van der Waals surface area (Å²) in [5, 5.41) is 11.9. The van der Waals surface area contributed by atoms with E-state index in [0.29, 0.717) is 23.9 Å². The molecule has 568 valence electrons. The Labute approximate surface area is 603 Å². The summed E-state index contributed by atoms with van der Waals surface area (Å²) in [4.78, 5) is 37.6. The number of esters is 2. The molecule has 0 aromatic carbocycles. The molecule has 0 heterocycles. The summed E-state index contributed by atoms with van der Waals surface area (Å²) in [6, 6.07) is 0. The van der Waals surface area contributed by atoms with Crippen molar-refractivity contribution in [3.05, 3.63) is 60.8 Å². The second kappa shape index (κ2) is 78.7. The smallest absolute Gasteiger partial charge is 0.306 e. The minimum atomic E-state index is -1.62. The van der Waals surface area contributed by atoms with Crippen LogP contribution >= 0.6 is 0 Å². The Morgan fingerprint density at radius 1 is 0.320 bits per heavy atom. The third-order valence-electron chi connectivity index (χ3n) is 19.3. The predicted molar refractivity (Wildman–Crippen MR) is 417 cm³/mol. The molecule has 0 amide bonds. The number of hydrogen-bond acceptors (Lipinski definition) is 8. The highest BCUT2D eigenvalue weighted by Crippen LogP contribution is 2.20. The highest BCUT2D eigenvalue weighted by atomic mass is 16.7. The van der Waals surface area contributed by atoms with Crippen molar-refractivity contribution in [3.8, 4) is 0 Å². The zero-order chi connectivity index (χ0) is 70.4. The Hall–Kier alpha value is -3.01. The molecule has 0 spiro atoms. The number of carbonyl (C=O) groups excluding carboxylic acids is 3. The van der Waals surface area contributed by atoms with Crippen LogP contribution in [0.25, 0.3) is 0 Å². The maximum Gasteiger partial charge on any atom is 0.306 e. The first-order valence-electron chi connectivity index (χ1n) is 42.4. The van der Waals surface area contributed by atoms with Crippen molar-refractivity contribution >= 4 is 17.9 Å². The lowest BCUT2D eigenvalue weighted by Crippen LogP contribution is -2.44. The highest BCUT2D eigenvalue weighted by molar-refractivity contribution is 5.70. The van der Waals surface area contributed by atoms with E-state index in [1.54, 1.807) is 0 Å². The largest absolute Gasteiger partial charge is 0.545 e. The van der Waals surface area contributed by atoms with Crippen molar-refractivity contribution in [3.63, 3.8) is 0 Å². The maximum atomic E-state index is 13.0. The molecule has 0 saturated carbocycles. The summed E-state index contributed by atoms with van der Waals surface area (Å²) in [6.07, 6.45) is 102. The number of hydrogen-bond donors (Lipinski definition) is 0. The molecule has 9 nitrogen and oxygen atoms in total. The number of rotatable bonds is 80. The first-order chi connectivity index (χ1) is 47.6. The van der Waals surface area contributed by atoms with Crippen molar-refractivity contribution < 1.29 is 42.9 Å². The number of aliphatic carboxylic acids is 1. The second-order valence-corrected chi connectivity index (χ2v) is 30.1. The van der Waals surface area contributed by atoms with Gasteiger partial charge in [0.2, 0.25) is 0 Å². The molecule has 0 bridgehead atoms. The number of quaternary nitrogens is 1. The summed E-state index contributed by atoms with van der Waals surface area (Å²) in [6.45, 7) is 4.71. The standard InChI is InChI=1S/C88H163NO8/c1-6-8-10-12-14-16-18-20-22-24-26-28-30-32-34-36-38-40-42-43-45-46-48-50-52-54-56-58-60-62-64-66-68-70-72-74-76-78-85(90)95-82-84(83-96-88(87(92)93)94-81-80-89(3,4)5)97-86(91)79-77-75-73-71-69-67-65-63-61-59-57-55-53-51-49-47-44-41-39-37-35-33-31-29-27-25-23-21-19-17-15-13-11-9-7-2/h9,11,15,17,21,23,27,29,33,35,84,88H,6-8,10,12-14,16,18-20,22,24-26,28,30-32,34,36-83H2,1-5H3/b11-9-,17-15-,23-21-,29-27-,35-33-. The Kier molecular flexibility index (Phi) is 76.3. The topological polar surface area (TPSA) is 111 Å². The third kappa shape index (κ3) is 80.2. The van der Waals surface area contributed by atoms with E-state index in [1.165, 1.54) is 327 Å². The zero-order valence-electron chi connectivity index (χ0n) is 65.2. The quantitative estimate of drug-likeness (QED) is 0.0195. The molecule has 0 aliphatic carbocycles. The number of allylic oxidation sites excluding steroid dienone is 10. The van der Waals surface area contributed by atoms with E-state index < -0.39 is 24.3 Å². The SMILES string of the molecule is CC/C=C\C/C=C\C/C=C\C/C=C\C/C=C\CCCCCCCCCCCCCCCCCCCCCC(=O)OC(COC(=O)CCCCCCCCCCCCCCCCCCCCCCCCCCCCCCCCCCCCCCC)COC(OCC[N+](C)(C)C)C(=O)[O-]. The van der Waals surface area contributed by atoms with Crippen LogP contribution in [-0.2, 0) is 33.3 Å². The van der Waals surface area contributed by atoms with E-state index >= 15 is 0 Å². The van der Waals surface area contributed by atoms with Gasteiger partial charge in [-0.3, -0.25) is 9.59 Å². The summed E-state index contributed by atoms with van der Waals surface area (Å²) >= 11 is 0. The summed E-state index contributed by atoms with van der Waals surface area (Å²) in [7, 11) is 5.95. The van der Waals surface area contributed by atoms with E-state index in [0.717, 1.165) is 64.2 Å². The number of carboxylic acids is 1. The monoisotopic (exact) mass is 1360 g/mol. The van der Waals surface area contributed by atoms with Crippen LogP contribution in [0.1, 0.15) is 425 Å². The molecule has 0 saturated heterocycles. The number of nitrogens with zero attached hydrogens (tertiary/aromatic N) is 1. The van der Waals surface area contributed by atoms with Crippen LogP contribution in [-0.4, -0.2) is 82.3 Å². The molecule has 2 unspecified atom stereocenters. The van der Waals surface area contributed by atoms with Crippen LogP contribution in [0, 0.1) is 0 Å². The molecular weight excluding hydrogens is 1200 g/mol. The van der Waals surface area contributed by atoms with E-state index in [9.17, 15) is 19.5 Å². The fourth-order valence-corrected chi connectivity index (χ4v) is 12.9. The number of unbranched alkanes of at least 4 members (excludes halogenated alkanes) is 55. The van der Waals surface area contributed by atoms with E-state index in [-0.39, 0.29) is 32.2 Å². The Morgan fingerprint density at radius 3 is 0.876 bits per heavy atom. The van der Waals surface area contributed by atoms with E-state index in [2.05, 4.69) is 74.6 Å². The van der Waals surface area contributed by atoms with Crippen LogP contribution in [0.2, 0.25) is 0 Å². The molecule has 0 N–H and O–H groups in total. The van der Waals surface area contributed by atoms with Gasteiger partial charge in [0.15, 0.2) is 12.4 Å². The summed E-state index contributed by atoms with van der Waals surface area (Å²) in [5.74, 6) is -2.25. The average molecular weight is 1360 g/mol. The van der Waals surface area contributed by atoms with Crippen LogP contribution in [0.3, 0.4) is 0 Å². The van der Waals surface area contributed by atoms with Crippen molar-refractivity contribution in [1.29, 1.82) is 0 Å².